The van der Waals surface area contributed by atoms with Crippen molar-refractivity contribution in [2.24, 2.45) is 11.8 Å². The Bertz CT molecular complexity index is 664. The maximum atomic E-state index is 13.9. The third kappa shape index (κ3) is 4.23. The molecule has 0 aromatic heterocycles. The highest BCUT2D eigenvalue weighted by Crippen LogP contribution is 2.27. The summed E-state index contributed by atoms with van der Waals surface area (Å²) in [6.45, 7) is 7.41. The molecular formula is C20H28FN3O2. The van der Waals surface area contributed by atoms with Crippen molar-refractivity contribution in [3.8, 4) is 0 Å². The molecule has 2 aliphatic rings. The van der Waals surface area contributed by atoms with Crippen LogP contribution in [0.4, 0.5) is 10.1 Å². The van der Waals surface area contributed by atoms with Crippen LogP contribution in [0.1, 0.15) is 33.1 Å². The first kappa shape index (κ1) is 18.8. The fourth-order valence-electron chi connectivity index (χ4n) is 3.91. The highest BCUT2D eigenvalue weighted by Gasteiger charge is 2.36. The van der Waals surface area contributed by atoms with Crippen LogP contribution in [-0.2, 0) is 9.59 Å². The number of carbonyl (C=O) groups excluding carboxylic acids is 2. The molecule has 2 heterocycles. The van der Waals surface area contributed by atoms with Crippen molar-refractivity contribution >= 4 is 17.5 Å². The van der Waals surface area contributed by atoms with Gasteiger partial charge in [0.2, 0.25) is 11.8 Å². The van der Waals surface area contributed by atoms with Crippen LogP contribution < -0.4 is 10.2 Å². The van der Waals surface area contributed by atoms with Crippen molar-refractivity contribution in [1.82, 2.24) is 10.2 Å². The third-order valence-electron chi connectivity index (χ3n) is 5.48. The van der Waals surface area contributed by atoms with E-state index in [0.29, 0.717) is 18.5 Å². The minimum Gasteiger partial charge on any atom is -0.355 e. The van der Waals surface area contributed by atoms with Gasteiger partial charge in [-0.3, -0.25) is 9.59 Å². The summed E-state index contributed by atoms with van der Waals surface area (Å²) in [5, 5.41) is 3.02. The van der Waals surface area contributed by atoms with Gasteiger partial charge in [-0.25, -0.2) is 4.39 Å². The fourth-order valence-corrected chi connectivity index (χ4v) is 3.91. The second-order valence-corrected chi connectivity index (χ2v) is 7.70. The molecule has 26 heavy (non-hydrogen) atoms. The topological polar surface area (TPSA) is 52.7 Å². The van der Waals surface area contributed by atoms with E-state index in [0.717, 1.165) is 25.9 Å². The summed E-state index contributed by atoms with van der Waals surface area (Å²) in [4.78, 5) is 28.6. The largest absolute Gasteiger partial charge is 0.355 e. The van der Waals surface area contributed by atoms with Crippen molar-refractivity contribution in [2.45, 2.75) is 39.2 Å². The Morgan fingerprint density at radius 1 is 1.31 bits per heavy atom. The number of nitrogens with zero attached hydrogens (tertiary/aromatic N) is 2. The number of hydrogen-bond donors (Lipinski definition) is 1. The molecule has 142 valence electrons. The molecule has 3 rings (SSSR count). The van der Waals surface area contributed by atoms with Crippen molar-refractivity contribution in [1.29, 1.82) is 0 Å². The van der Waals surface area contributed by atoms with E-state index in [1.54, 1.807) is 18.2 Å². The van der Waals surface area contributed by atoms with E-state index < -0.39 is 11.7 Å². The SMILES string of the molecule is CC(C)N1CCCC(CNC(=O)C2CC(=O)N(c3ccccc3F)C2)C1. The highest BCUT2D eigenvalue weighted by molar-refractivity contribution is 6.00. The lowest BCUT2D eigenvalue weighted by atomic mass is 9.96. The molecule has 2 atom stereocenters. The Labute approximate surface area is 154 Å². The van der Waals surface area contributed by atoms with Crippen molar-refractivity contribution in [3.63, 3.8) is 0 Å². The molecule has 0 saturated carbocycles. The van der Waals surface area contributed by atoms with Gasteiger partial charge in [-0.15, -0.1) is 0 Å². The summed E-state index contributed by atoms with van der Waals surface area (Å²) in [5.41, 5.74) is 0.257. The predicted octanol–water partition coefficient (Wildman–Crippen LogP) is 2.42. The molecule has 0 aliphatic carbocycles. The van der Waals surface area contributed by atoms with Gasteiger partial charge in [0.15, 0.2) is 0 Å². The Balaban J connectivity index is 1.53. The van der Waals surface area contributed by atoms with E-state index in [1.807, 2.05) is 0 Å². The quantitative estimate of drug-likeness (QED) is 0.876. The van der Waals surface area contributed by atoms with E-state index >= 15 is 0 Å². The number of anilines is 1. The molecule has 2 fully saturated rings. The summed E-state index contributed by atoms with van der Waals surface area (Å²) in [5.74, 6) is -0.683. The second kappa shape index (κ2) is 8.16. The molecule has 1 aromatic rings. The Hall–Kier alpha value is -1.95. The molecular weight excluding hydrogens is 333 g/mol. The van der Waals surface area contributed by atoms with E-state index in [9.17, 15) is 14.0 Å². The predicted molar refractivity (Wildman–Crippen MR) is 99.3 cm³/mol. The number of likely N-dealkylation sites (tertiary alicyclic amines) is 1. The first-order chi connectivity index (χ1) is 12.5. The molecule has 1 N–H and O–H groups in total. The number of amides is 2. The van der Waals surface area contributed by atoms with Gasteiger partial charge in [-0.05, 0) is 51.3 Å². The van der Waals surface area contributed by atoms with Gasteiger partial charge in [-0.1, -0.05) is 12.1 Å². The molecule has 0 bridgehead atoms. The number of halogens is 1. The number of carbonyl (C=O) groups is 2. The van der Waals surface area contributed by atoms with Crippen molar-refractivity contribution in [3.05, 3.63) is 30.1 Å². The third-order valence-corrected chi connectivity index (χ3v) is 5.48. The Kier molecular flexibility index (Phi) is 5.91. The number of hydrogen-bond acceptors (Lipinski definition) is 3. The highest BCUT2D eigenvalue weighted by atomic mass is 19.1. The zero-order valence-corrected chi connectivity index (χ0v) is 15.6. The summed E-state index contributed by atoms with van der Waals surface area (Å²) >= 11 is 0. The standard InChI is InChI=1S/C20H28FN3O2/c1-14(2)23-9-5-6-15(12-23)11-22-20(26)16-10-19(25)24(13-16)18-8-4-3-7-17(18)21/h3-4,7-8,14-16H,5-6,9-13H2,1-2H3,(H,22,26). The van der Waals surface area contributed by atoms with Crippen LogP contribution in [-0.4, -0.2) is 48.9 Å². The molecule has 0 spiro atoms. The van der Waals surface area contributed by atoms with Gasteiger partial charge in [0.25, 0.3) is 0 Å². The minimum atomic E-state index is -0.433. The molecule has 2 aliphatic heterocycles. The zero-order valence-electron chi connectivity index (χ0n) is 15.6. The molecule has 2 amide bonds. The van der Waals surface area contributed by atoms with Crippen molar-refractivity contribution in [2.75, 3.05) is 31.1 Å². The van der Waals surface area contributed by atoms with Crippen LogP contribution in [0.15, 0.2) is 24.3 Å². The maximum absolute atomic E-state index is 13.9. The molecule has 5 nitrogen and oxygen atoms in total. The minimum absolute atomic E-state index is 0.0983. The van der Waals surface area contributed by atoms with Crippen LogP contribution in [0.2, 0.25) is 0 Å². The Morgan fingerprint density at radius 2 is 2.08 bits per heavy atom. The van der Waals surface area contributed by atoms with Gasteiger partial charge in [-0.2, -0.15) is 0 Å². The molecule has 1 aromatic carbocycles. The van der Waals surface area contributed by atoms with E-state index in [4.69, 9.17) is 0 Å². The lowest BCUT2D eigenvalue weighted by Crippen LogP contribution is -2.44. The van der Waals surface area contributed by atoms with Crippen LogP contribution in [0.5, 0.6) is 0 Å². The first-order valence-corrected chi connectivity index (χ1v) is 9.52. The van der Waals surface area contributed by atoms with Gasteiger partial charge in [0.05, 0.1) is 11.6 Å². The normalized spacial score (nSPS) is 24.3. The zero-order chi connectivity index (χ0) is 18.7. The molecule has 2 saturated heterocycles. The summed E-state index contributed by atoms with van der Waals surface area (Å²) < 4.78 is 13.9. The number of rotatable bonds is 5. The van der Waals surface area contributed by atoms with Crippen molar-refractivity contribution < 1.29 is 14.0 Å². The lowest BCUT2D eigenvalue weighted by molar-refractivity contribution is -0.126. The first-order valence-electron chi connectivity index (χ1n) is 9.52. The Morgan fingerprint density at radius 3 is 2.81 bits per heavy atom. The molecule has 0 radical (unpaired) electrons. The average molecular weight is 361 g/mol. The van der Waals surface area contributed by atoms with E-state index in [1.165, 1.54) is 11.0 Å². The maximum Gasteiger partial charge on any atom is 0.227 e. The van der Waals surface area contributed by atoms with Crippen LogP contribution in [0, 0.1) is 17.7 Å². The fraction of sp³-hybridized carbons (Fsp3) is 0.600. The molecule has 6 heteroatoms. The summed E-state index contributed by atoms with van der Waals surface area (Å²) in [6.07, 6.45) is 2.42. The van der Waals surface area contributed by atoms with E-state index in [-0.39, 0.29) is 30.5 Å². The second-order valence-electron chi connectivity index (χ2n) is 7.70. The molecule has 2 unspecified atom stereocenters. The van der Waals surface area contributed by atoms with Gasteiger partial charge < -0.3 is 15.1 Å². The number of benzene rings is 1. The van der Waals surface area contributed by atoms with Gasteiger partial charge in [0, 0.05) is 32.1 Å². The smallest absolute Gasteiger partial charge is 0.227 e. The number of piperidine rings is 1. The van der Waals surface area contributed by atoms with Gasteiger partial charge in [0.1, 0.15) is 5.82 Å². The number of para-hydroxylation sites is 1. The van der Waals surface area contributed by atoms with Gasteiger partial charge >= 0.3 is 0 Å². The average Bonchev–Trinajstić information content (AvgIpc) is 3.02. The monoisotopic (exact) mass is 361 g/mol. The van der Waals surface area contributed by atoms with Crippen LogP contribution >= 0.6 is 0 Å². The van der Waals surface area contributed by atoms with E-state index in [2.05, 4.69) is 24.1 Å². The summed E-state index contributed by atoms with van der Waals surface area (Å²) in [7, 11) is 0. The lowest BCUT2D eigenvalue weighted by Gasteiger charge is -2.35. The van der Waals surface area contributed by atoms with Crippen LogP contribution in [0.25, 0.3) is 0 Å². The summed E-state index contributed by atoms with van der Waals surface area (Å²) in [6, 6.07) is 6.72. The van der Waals surface area contributed by atoms with Crippen LogP contribution in [0.3, 0.4) is 0 Å². The number of nitrogens with one attached hydrogen (secondary N) is 1.